The second kappa shape index (κ2) is 10.2. The number of carbonyl (C=O) groups is 1. The van der Waals surface area contributed by atoms with E-state index in [1.54, 1.807) is 29.7 Å². The highest BCUT2D eigenvalue weighted by Crippen LogP contribution is 2.39. The number of hydrogen-bond donors (Lipinski definition) is 1. The van der Waals surface area contributed by atoms with Gasteiger partial charge in [-0.2, -0.15) is 0 Å². The number of aromatic nitrogens is 2. The molecule has 0 amide bonds. The molecule has 2 aromatic heterocycles. The van der Waals surface area contributed by atoms with Crippen molar-refractivity contribution in [3.05, 3.63) is 52.6 Å². The number of rotatable bonds is 8. The largest absolute Gasteiger partial charge is 0.469 e. The van der Waals surface area contributed by atoms with Gasteiger partial charge in [0.15, 0.2) is 5.13 Å². The van der Waals surface area contributed by atoms with Gasteiger partial charge in [-0.3, -0.25) is 4.79 Å². The monoisotopic (exact) mass is 451 g/mol. The van der Waals surface area contributed by atoms with Gasteiger partial charge in [0, 0.05) is 27.1 Å². The molecular weight excluding hydrogens is 434 g/mol. The molecule has 0 aliphatic carbocycles. The highest BCUT2D eigenvalue weighted by molar-refractivity contribution is 8.00. The first kappa shape index (κ1) is 21.0. The molecule has 1 N–H and O–H groups in total. The zero-order valence-corrected chi connectivity index (χ0v) is 18.5. The molecule has 146 valence electrons. The molecule has 0 bridgehead atoms. The van der Waals surface area contributed by atoms with Crippen molar-refractivity contribution in [2.45, 2.75) is 28.0 Å². The number of benzene rings is 1. The number of ether oxygens (including phenoxy) is 1. The molecule has 9 heteroatoms. The number of nitrogens with zero attached hydrogens (tertiary/aromatic N) is 2. The fourth-order valence-electron chi connectivity index (χ4n) is 2.19. The van der Waals surface area contributed by atoms with Crippen LogP contribution in [0.4, 0.5) is 10.9 Å². The van der Waals surface area contributed by atoms with Crippen molar-refractivity contribution in [1.82, 2.24) is 9.97 Å². The fourth-order valence-corrected chi connectivity index (χ4v) is 4.97. The average Bonchev–Trinajstić information content (AvgIpc) is 3.10. The Hall–Kier alpha value is -1.74. The highest BCUT2D eigenvalue weighted by Gasteiger charge is 2.12. The molecule has 0 saturated carbocycles. The number of methoxy groups -OCH3 is 1. The van der Waals surface area contributed by atoms with E-state index < -0.39 is 0 Å². The normalized spacial score (nSPS) is 10.7. The standard InChI is InChI=1S/C19H18ClN3O2S3/c1-12-11-27-19(22-12)23-18-16(28-15-6-4-3-5-14(15)20)9-13(10-21-18)26-8-7-17(24)25-2/h3-6,9-11H,7-8H2,1-2H3,(H,21,22,23). The van der Waals surface area contributed by atoms with Gasteiger partial charge in [0.2, 0.25) is 0 Å². The van der Waals surface area contributed by atoms with Crippen LogP contribution in [-0.2, 0) is 9.53 Å². The van der Waals surface area contributed by atoms with E-state index in [0.717, 1.165) is 31.3 Å². The average molecular weight is 452 g/mol. The summed E-state index contributed by atoms with van der Waals surface area (Å²) >= 11 is 11.0. The Bertz CT molecular complexity index is 965. The molecule has 2 heterocycles. The minimum absolute atomic E-state index is 0.219. The predicted octanol–water partition coefficient (Wildman–Crippen LogP) is 6.05. The van der Waals surface area contributed by atoms with E-state index in [4.69, 9.17) is 11.6 Å². The lowest BCUT2D eigenvalue weighted by atomic mass is 10.4. The molecule has 0 unspecified atom stereocenters. The topological polar surface area (TPSA) is 64.1 Å². The second-order valence-electron chi connectivity index (χ2n) is 5.64. The third-order valence-electron chi connectivity index (χ3n) is 3.53. The van der Waals surface area contributed by atoms with Crippen molar-refractivity contribution in [2.75, 3.05) is 18.2 Å². The van der Waals surface area contributed by atoms with Gasteiger partial charge in [-0.1, -0.05) is 35.5 Å². The first-order valence-corrected chi connectivity index (χ1v) is 11.4. The van der Waals surface area contributed by atoms with E-state index in [-0.39, 0.29) is 5.97 Å². The summed E-state index contributed by atoms with van der Waals surface area (Å²) in [5, 5.41) is 6.76. The second-order valence-corrected chi connectivity index (χ2v) is 9.16. The zero-order valence-electron chi connectivity index (χ0n) is 15.3. The van der Waals surface area contributed by atoms with Gasteiger partial charge in [-0.15, -0.1) is 23.1 Å². The Balaban J connectivity index is 1.83. The summed E-state index contributed by atoms with van der Waals surface area (Å²) in [5.74, 6) is 1.13. The van der Waals surface area contributed by atoms with Crippen LogP contribution in [0.25, 0.3) is 0 Å². The number of pyridine rings is 1. The van der Waals surface area contributed by atoms with Crippen molar-refractivity contribution < 1.29 is 9.53 Å². The molecule has 0 atom stereocenters. The molecule has 1 aromatic carbocycles. The highest BCUT2D eigenvalue weighted by atomic mass is 35.5. The number of anilines is 2. The van der Waals surface area contributed by atoms with Crippen molar-refractivity contribution >= 4 is 63.4 Å². The van der Waals surface area contributed by atoms with Crippen molar-refractivity contribution in [3.63, 3.8) is 0 Å². The van der Waals surface area contributed by atoms with Gasteiger partial charge in [-0.25, -0.2) is 9.97 Å². The van der Waals surface area contributed by atoms with Gasteiger partial charge >= 0.3 is 5.97 Å². The Morgan fingerprint density at radius 3 is 2.86 bits per heavy atom. The molecule has 5 nitrogen and oxygen atoms in total. The molecule has 0 spiro atoms. The van der Waals surface area contributed by atoms with Crippen LogP contribution < -0.4 is 5.32 Å². The maximum absolute atomic E-state index is 11.3. The Morgan fingerprint density at radius 2 is 2.14 bits per heavy atom. The van der Waals surface area contributed by atoms with Crippen LogP contribution in [0.2, 0.25) is 5.02 Å². The van der Waals surface area contributed by atoms with Gasteiger partial charge in [-0.05, 0) is 25.1 Å². The lowest BCUT2D eigenvalue weighted by Gasteiger charge is -2.12. The predicted molar refractivity (Wildman–Crippen MR) is 117 cm³/mol. The molecule has 28 heavy (non-hydrogen) atoms. The summed E-state index contributed by atoms with van der Waals surface area (Å²) in [6, 6.07) is 9.74. The van der Waals surface area contributed by atoms with Gasteiger partial charge in [0.1, 0.15) is 5.82 Å². The van der Waals surface area contributed by atoms with Crippen LogP contribution in [0.5, 0.6) is 0 Å². The minimum Gasteiger partial charge on any atom is -0.469 e. The van der Waals surface area contributed by atoms with Crippen LogP contribution in [0.3, 0.4) is 0 Å². The molecular formula is C19H18ClN3O2S3. The van der Waals surface area contributed by atoms with Gasteiger partial charge in [0.05, 0.1) is 29.1 Å². The Labute approximate surface area is 181 Å². The van der Waals surface area contributed by atoms with Crippen molar-refractivity contribution in [1.29, 1.82) is 0 Å². The van der Waals surface area contributed by atoms with Crippen LogP contribution in [0.15, 0.2) is 56.6 Å². The lowest BCUT2D eigenvalue weighted by Crippen LogP contribution is -2.01. The number of esters is 1. The summed E-state index contributed by atoms with van der Waals surface area (Å²) in [6.45, 7) is 1.95. The number of thiazole rings is 1. The Kier molecular flexibility index (Phi) is 7.61. The first-order valence-electron chi connectivity index (χ1n) is 8.36. The summed E-state index contributed by atoms with van der Waals surface area (Å²) in [4.78, 5) is 23.2. The molecule has 0 saturated heterocycles. The number of thioether (sulfide) groups is 1. The number of aryl methyl sites for hydroxylation is 1. The van der Waals surface area contributed by atoms with Crippen LogP contribution >= 0.6 is 46.5 Å². The van der Waals surface area contributed by atoms with E-state index in [2.05, 4.69) is 20.0 Å². The van der Waals surface area contributed by atoms with Gasteiger partial charge in [0.25, 0.3) is 0 Å². The quantitative estimate of drug-likeness (QED) is 0.330. The molecule has 0 aliphatic heterocycles. The van der Waals surface area contributed by atoms with Crippen molar-refractivity contribution in [3.8, 4) is 0 Å². The molecule has 3 rings (SSSR count). The Morgan fingerprint density at radius 1 is 1.32 bits per heavy atom. The SMILES string of the molecule is COC(=O)CCSc1cnc(Nc2nc(C)cs2)c(Sc2ccccc2Cl)c1. The number of hydrogen-bond acceptors (Lipinski definition) is 8. The van der Waals surface area contributed by atoms with E-state index in [9.17, 15) is 4.79 Å². The maximum Gasteiger partial charge on any atom is 0.306 e. The molecule has 0 aliphatic rings. The molecule has 0 radical (unpaired) electrons. The van der Waals surface area contributed by atoms with E-state index in [0.29, 0.717) is 17.2 Å². The molecule has 3 aromatic rings. The van der Waals surface area contributed by atoms with E-state index in [1.807, 2.05) is 42.6 Å². The van der Waals surface area contributed by atoms with Crippen molar-refractivity contribution in [2.24, 2.45) is 0 Å². The third-order valence-corrected chi connectivity index (χ3v) is 6.92. The molecule has 0 fully saturated rings. The number of carbonyl (C=O) groups excluding carboxylic acids is 1. The van der Waals surface area contributed by atoms with Crippen LogP contribution in [-0.4, -0.2) is 28.8 Å². The van der Waals surface area contributed by atoms with E-state index in [1.165, 1.54) is 18.4 Å². The summed E-state index contributed by atoms with van der Waals surface area (Å²) in [5.41, 5.74) is 0.961. The van der Waals surface area contributed by atoms with Gasteiger partial charge < -0.3 is 10.1 Å². The van der Waals surface area contributed by atoms with Crippen LogP contribution in [0.1, 0.15) is 12.1 Å². The number of halogens is 1. The maximum atomic E-state index is 11.3. The lowest BCUT2D eigenvalue weighted by molar-refractivity contribution is -0.140. The summed E-state index contributed by atoms with van der Waals surface area (Å²) < 4.78 is 4.69. The van der Waals surface area contributed by atoms with Crippen LogP contribution in [0, 0.1) is 6.92 Å². The number of nitrogens with one attached hydrogen (secondary N) is 1. The first-order chi connectivity index (χ1) is 13.5. The zero-order chi connectivity index (χ0) is 19.9. The third kappa shape index (κ3) is 5.88. The fraction of sp³-hybridized carbons (Fsp3) is 0.211. The van der Waals surface area contributed by atoms with E-state index >= 15 is 0 Å². The summed E-state index contributed by atoms with van der Waals surface area (Å²) in [6.07, 6.45) is 2.15. The summed E-state index contributed by atoms with van der Waals surface area (Å²) in [7, 11) is 1.40. The minimum atomic E-state index is -0.219. The smallest absolute Gasteiger partial charge is 0.306 e.